The Kier molecular flexibility index (Phi) is 4.47. The molecule has 0 bridgehead atoms. The van der Waals surface area contributed by atoms with Gasteiger partial charge in [-0.25, -0.2) is 4.79 Å². The molecular weight excluding hydrogens is 246 g/mol. The quantitative estimate of drug-likeness (QED) is 0.616. The average molecular weight is 259 g/mol. The minimum absolute atomic E-state index is 0.0161. The summed E-state index contributed by atoms with van der Waals surface area (Å²) < 4.78 is 37.8. The van der Waals surface area contributed by atoms with Crippen LogP contribution in [0, 0.1) is 6.07 Å². The summed E-state index contributed by atoms with van der Waals surface area (Å²) >= 11 is 0. The molecule has 1 rings (SSSR count). The maximum absolute atomic E-state index is 12.0. The zero-order valence-corrected chi connectivity index (χ0v) is 10.2. The van der Waals surface area contributed by atoms with E-state index >= 15 is 0 Å². The van der Waals surface area contributed by atoms with Crippen molar-refractivity contribution in [3.8, 4) is 11.5 Å². The van der Waals surface area contributed by atoms with Gasteiger partial charge in [0.25, 0.3) is 0 Å². The lowest BCUT2D eigenvalue weighted by molar-refractivity contribution is -0.0499. The number of benzene rings is 1. The van der Waals surface area contributed by atoms with E-state index in [1.54, 1.807) is 20.8 Å². The molecule has 0 fully saturated rings. The molecule has 99 valence electrons. The highest BCUT2D eigenvalue weighted by atomic mass is 19.3. The molecule has 18 heavy (non-hydrogen) atoms. The fourth-order valence-electron chi connectivity index (χ4n) is 1.03. The van der Waals surface area contributed by atoms with Crippen molar-refractivity contribution in [1.29, 1.82) is 0 Å². The minimum Gasteiger partial charge on any atom is -0.435 e. The van der Waals surface area contributed by atoms with Crippen LogP contribution in [0.25, 0.3) is 0 Å². The van der Waals surface area contributed by atoms with Gasteiger partial charge in [-0.1, -0.05) is 0 Å². The molecule has 0 aliphatic carbocycles. The van der Waals surface area contributed by atoms with Gasteiger partial charge in [-0.3, -0.25) is 0 Å². The van der Waals surface area contributed by atoms with Crippen LogP contribution in [-0.2, 0) is 4.74 Å². The van der Waals surface area contributed by atoms with E-state index in [1.165, 1.54) is 12.1 Å². The summed E-state index contributed by atoms with van der Waals surface area (Å²) in [6, 6.07) is 6.17. The van der Waals surface area contributed by atoms with Gasteiger partial charge in [0.1, 0.15) is 17.1 Å². The Hall–Kier alpha value is -1.85. The fraction of sp³-hybridized carbons (Fsp3) is 0.417. The van der Waals surface area contributed by atoms with E-state index in [0.29, 0.717) is 0 Å². The standard InChI is InChI=1S/C12H13F2O4/c1-12(2,3)18-11(15)17-9-6-4-5-8(7-9)16-10(13)14/h5-7,10H,1-3H3. The predicted octanol–water partition coefficient (Wildman–Crippen LogP) is 3.40. The Morgan fingerprint density at radius 2 is 1.89 bits per heavy atom. The number of alkyl halides is 2. The molecule has 0 aromatic heterocycles. The lowest BCUT2D eigenvalue weighted by Gasteiger charge is -2.18. The zero-order chi connectivity index (χ0) is 13.8. The molecule has 6 heteroatoms. The molecule has 0 spiro atoms. The first-order chi connectivity index (χ1) is 8.26. The Morgan fingerprint density at radius 1 is 1.28 bits per heavy atom. The molecule has 0 aliphatic rings. The third-order valence-corrected chi connectivity index (χ3v) is 1.55. The topological polar surface area (TPSA) is 44.8 Å². The van der Waals surface area contributed by atoms with E-state index < -0.39 is 18.4 Å². The van der Waals surface area contributed by atoms with E-state index in [9.17, 15) is 13.6 Å². The molecular formula is C12H13F2O4. The van der Waals surface area contributed by atoms with Crippen LogP contribution >= 0.6 is 0 Å². The lowest BCUT2D eigenvalue weighted by atomic mass is 10.2. The van der Waals surface area contributed by atoms with Crippen LogP contribution in [0.3, 0.4) is 0 Å². The predicted molar refractivity (Wildman–Crippen MR) is 58.8 cm³/mol. The van der Waals surface area contributed by atoms with Gasteiger partial charge in [0.05, 0.1) is 0 Å². The van der Waals surface area contributed by atoms with Gasteiger partial charge >= 0.3 is 12.8 Å². The highest BCUT2D eigenvalue weighted by Gasteiger charge is 2.18. The molecule has 1 aromatic rings. The Bertz CT molecular complexity index is 413. The van der Waals surface area contributed by atoms with Crippen molar-refractivity contribution in [3.63, 3.8) is 0 Å². The fourth-order valence-corrected chi connectivity index (χ4v) is 1.03. The largest absolute Gasteiger partial charge is 0.514 e. The highest BCUT2D eigenvalue weighted by molar-refractivity contribution is 5.64. The Morgan fingerprint density at radius 3 is 2.44 bits per heavy atom. The maximum atomic E-state index is 12.0. The molecule has 0 N–H and O–H groups in total. The number of halogens is 2. The van der Waals surface area contributed by atoms with E-state index in [2.05, 4.69) is 10.8 Å². The second-order valence-corrected chi connectivity index (χ2v) is 4.35. The number of hydrogen-bond acceptors (Lipinski definition) is 4. The average Bonchev–Trinajstić information content (AvgIpc) is 2.13. The molecule has 0 unspecified atom stereocenters. The SMILES string of the molecule is CC(C)(C)OC(=O)Oc1c[c]cc(OC(F)F)c1. The third kappa shape index (κ3) is 5.47. The van der Waals surface area contributed by atoms with Gasteiger partial charge in [-0.2, -0.15) is 8.78 Å². The van der Waals surface area contributed by atoms with Crippen molar-refractivity contribution in [2.24, 2.45) is 0 Å². The number of rotatable bonds is 3. The molecule has 0 aliphatic heterocycles. The van der Waals surface area contributed by atoms with Crippen LogP contribution < -0.4 is 9.47 Å². The van der Waals surface area contributed by atoms with Crippen molar-refractivity contribution in [2.75, 3.05) is 0 Å². The van der Waals surface area contributed by atoms with E-state index in [-0.39, 0.29) is 11.5 Å². The van der Waals surface area contributed by atoms with Gasteiger partial charge in [0, 0.05) is 6.07 Å². The summed E-state index contributed by atoms with van der Waals surface area (Å²) in [6.07, 6.45) is -0.926. The van der Waals surface area contributed by atoms with Crippen LogP contribution in [0.1, 0.15) is 20.8 Å². The second kappa shape index (κ2) is 5.66. The number of carbonyl (C=O) groups excluding carboxylic acids is 1. The molecule has 0 atom stereocenters. The maximum Gasteiger partial charge on any atom is 0.514 e. The summed E-state index contributed by atoms with van der Waals surface area (Å²) in [6.45, 7) is 2.08. The Balaban J connectivity index is 2.65. The molecule has 0 amide bonds. The second-order valence-electron chi connectivity index (χ2n) is 4.35. The number of ether oxygens (including phenoxy) is 3. The molecule has 0 heterocycles. The summed E-state index contributed by atoms with van der Waals surface area (Å²) in [7, 11) is 0. The first-order valence-corrected chi connectivity index (χ1v) is 5.13. The summed E-state index contributed by atoms with van der Waals surface area (Å²) in [5.74, 6) is -0.131. The van der Waals surface area contributed by atoms with Crippen LogP contribution in [-0.4, -0.2) is 18.4 Å². The zero-order valence-electron chi connectivity index (χ0n) is 10.2. The van der Waals surface area contributed by atoms with Crippen molar-refractivity contribution in [2.45, 2.75) is 33.0 Å². The van der Waals surface area contributed by atoms with Gasteiger partial charge in [0.15, 0.2) is 0 Å². The Labute approximate surface area is 103 Å². The molecule has 0 saturated heterocycles. The van der Waals surface area contributed by atoms with Crippen LogP contribution in [0.2, 0.25) is 0 Å². The van der Waals surface area contributed by atoms with Crippen molar-refractivity contribution in [3.05, 3.63) is 24.3 Å². The number of hydrogen-bond donors (Lipinski definition) is 0. The summed E-state index contributed by atoms with van der Waals surface area (Å²) in [4.78, 5) is 11.3. The molecule has 1 radical (unpaired) electrons. The summed E-state index contributed by atoms with van der Waals surface area (Å²) in [5.41, 5.74) is -0.697. The van der Waals surface area contributed by atoms with Crippen molar-refractivity contribution in [1.82, 2.24) is 0 Å². The monoisotopic (exact) mass is 259 g/mol. The highest BCUT2D eigenvalue weighted by Crippen LogP contribution is 2.21. The van der Waals surface area contributed by atoms with E-state index in [1.807, 2.05) is 0 Å². The van der Waals surface area contributed by atoms with Gasteiger partial charge in [-0.15, -0.1) is 0 Å². The van der Waals surface area contributed by atoms with Gasteiger partial charge in [0.2, 0.25) is 0 Å². The van der Waals surface area contributed by atoms with Gasteiger partial charge < -0.3 is 14.2 Å². The van der Waals surface area contributed by atoms with Crippen molar-refractivity contribution >= 4 is 6.16 Å². The van der Waals surface area contributed by atoms with E-state index in [0.717, 1.165) is 6.07 Å². The third-order valence-electron chi connectivity index (χ3n) is 1.55. The normalized spacial score (nSPS) is 11.2. The minimum atomic E-state index is -2.95. The van der Waals surface area contributed by atoms with Crippen LogP contribution in [0.4, 0.5) is 13.6 Å². The molecule has 0 saturated carbocycles. The number of carbonyl (C=O) groups is 1. The van der Waals surface area contributed by atoms with Crippen molar-refractivity contribution < 1.29 is 27.8 Å². The van der Waals surface area contributed by atoms with Gasteiger partial charge in [-0.05, 0) is 39.0 Å². The first kappa shape index (κ1) is 14.2. The first-order valence-electron chi connectivity index (χ1n) is 5.13. The van der Waals surface area contributed by atoms with E-state index in [4.69, 9.17) is 9.47 Å². The molecule has 4 nitrogen and oxygen atoms in total. The molecule has 1 aromatic carbocycles. The smallest absolute Gasteiger partial charge is 0.435 e. The van der Waals surface area contributed by atoms with Crippen LogP contribution in [0.15, 0.2) is 18.2 Å². The summed E-state index contributed by atoms with van der Waals surface area (Å²) in [5, 5.41) is 0. The van der Waals surface area contributed by atoms with Crippen LogP contribution in [0.5, 0.6) is 11.5 Å². The lowest BCUT2D eigenvalue weighted by Crippen LogP contribution is -2.25.